The Morgan fingerprint density at radius 1 is 0.512 bits per heavy atom. The van der Waals surface area contributed by atoms with E-state index in [4.69, 9.17) is 20.2 Å². The summed E-state index contributed by atoms with van der Waals surface area (Å²) in [5.41, 5.74) is 21.6. The Morgan fingerprint density at radius 2 is 1.04 bits per heavy atom. The minimum Gasteiger partial charge on any atom is -0.480 e. The molecule has 9 aromatic heterocycles. The summed E-state index contributed by atoms with van der Waals surface area (Å²) in [5, 5.41) is 32.5. The summed E-state index contributed by atoms with van der Waals surface area (Å²) in [4.78, 5) is 73.0. The standard InChI is InChI=1S/C26H34N4O.C12H14N2O2.C12H10.C11H9N.C9H6N2O2S.C9H7N.C7H5NO.C7H8.C5H5N.C4H4N2.C2H6/c1-19-11-12-23(29-16-19)26(13-7-4-8-14-26)18-30-24(31)25(2,27-3)15-20-17-28-22-10-6-5-9-21(20)22;1-12(13,11(15)16)6-8-7-14-10-5-3-2-4-9(8)10;1-3-7-11(8-4-1)12-9-5-2-6-10-12;1-2-6-10(7-3-1)11-8-4-5-9-12-11;12-11(13)8-3-1-7(2-4-8)9-5-14-6-10-9;1-2-4-9-7-10-6-5-8(9)3-1;1-2-4-7-6(3-1)8-5-9-7;1-7-5-3-2-4-6-7;1-2-4-6-5-3-1;1-2-5-4-6-3-1;1-2/h5-6,9-12,16-17,27-28H,4,7-8,13-15,18H2,1-3H3,(H,30,31);2-5,7,14H,6,13H2,1H3,(H,15,16);1-10H;1-9H;1-6H;1-7H;1-5H;2-6H,1H3;1-5H;1-4H;1-2H3/t25-;12-;;;;;;;;;/m00........./s1. The molecule has 19 rings (SSSR count). The Kier molecular flexibility index (Phi) is 38.6. The summed E-state index contributed by atoms with van der Waals surface area (Å²) < 4.78 is 5.01. The van der Waals surface area contributed by atoms with Crippen LogP contribution < -0.4 is 16.4 Å². The fourth-order valence-electron chi connectivity index (χ4n) is 13.1. The summed E-state index contributed by atoms with van der Waals surface area (Å²) >= 11 is 1.50. The number of H-pyrrole nitrogens is 2. The van der Waals surface area contributed by atoms with Crippen molar-refractivity contribution in [1.29, 1.82) is 0 Å². The first-order chi connectivity index (χ1) is 61.0. The molecule has 2 atom stereocenters. The Bertz CT molecular complexity index is 5680. The van der Waals surface area contributed by atoms with E-state index in [0.717, 1.165) is 79.7 Å². The molecule has 9 aromatic carbocycles. The predicted molar refractivity (Wildman–Crippen MR) is 509 cm³/mol. The molecule has 21 heteroatoms. The monoisotopic (exact) mass is 1680 g/mol. The van der Waals surface area contributed by atoms with Crippen LogP contribution in [0.2, 0.25) is 0 Å². The smallest absolute Gasteiger partial charge is 0.323 e. The summed E-state index contributed by atoms with van der Waals surface area (Å²) in [6.07, 6.45) is 27.8. The normalized spacial score (nSPS) is 12.2. The first-order valence-electron chi connectivity index (χ1n) is 41.4. The van der Waals surface area contributed by atoms with E-state index in [0.29, 0.717) is 19.4 Å². The van der Waals surface area contributed by atoms with Gasteiger partial charge in [0.1, 0.15) is 17.4 Å². The molecule has 0 bridgehead atoms. The van der Waals surface area contributed by atoms with Gasteiger partial charge in [-0.15, -0.1) is 11.3 Å². The number of rotatable bonds is 14. The number of nitrogens with zero attached hydrogens (tertiary/aromatic N) is 9. The maximum atomic E-state index is 13.4. The van der Waals surface area contributed by atoms with Gasteiger partial charge in [-0.25, -0.2) is 19.9 Å². The van der Waals surface area contributed by atoms with Crippen molar-refractivity contribution in [2.45, 2.75) is 103 Å². The highest BCUT2D eigenvalue weighted by molar-refractivity contribution is 7.07. The van der Waals surface area contributed by atoms with Crippen LogP contribution in [-0.4, -0.2) is 96.4 Å². The number of carboxylic acids is 1. The van der Waals surface area contributed by atoms with Crippen molar-refractivity contribution in [1.82, 2.24) is 60.5 Å². The number of hydrogen-bond donors (Lipinski definition) is 6. The predicted octanol–water partition coefficient (Wildman–Crippen LogP) is 23.4. The van der Waals surface area contributed by atoms with Crippen LogP contribution in [0.15, 0.2) is 393 Å². The van der Waals surface area contributed by atoms with Crippen LogP contribution in [-0.2, 0) is 27.8 Å². The fourth-order valence-corrected chi connectivity index (χ4v) is 13.7. The zero-order chi connectivity index (χ0) is 88.6. The van der Waals surface area contributed by atoms with Crippen molar-refractivity contribution >= 4 is 72.6 Å². The lowest BCUT2D eigenvalue weighted by Crippen LogP contribution is -2.57. The average Bonchev–Trinajstić information content (AvgIpc) is 1.79. The van der Waals surface area contributed by atoms with Crippen LogP contribution in [0.1, 0.15) is 87.7 Å². The largest absolute Gasteiger partial charge is 0.480 e. The van der Waals surface area contributed by atoms with E-state index in [1.165, 1.54) is 101 Å². The molecule has 1 aliphatic carbocycles. The van der Waals surface area contributed by atoms with Crippen LogP contribution in [0.25, 0.3) is 77.3 Å². The second kappa shape index (κ2) is 51.2. The summed E-state index contributed by atoms with van der Waals surface area (Å²) in [5.74, 6) is -0.949. The van der Waals surface area contributed by atoms with Gasteiger partial charge in [0.25, 0.3) is 5.69 Å². The van der Waals surface area contributed by atoms with Gasteiger partial charge in [-0.1, -0.05) is 251 Å². The Balaban J connectivity index is 0.000000164. The van der Waals surface area contributed by atoms with Crippen molar-refractivity contribution in [3.8, 4) is 33.6 Å². The van der Waals surface area contributed by atoms with E-state index in [1.54, 1.807) is 48.5 Å². The van der Waals surface area contributed by atoms with Gasteiger partial charge in [0.2, 0.25) is 5.91 Å². The quantitative estimate of drug-likeness (QED) is 0.0435. The number of para-hydroxylation sites is 4. The number of aromatic nitrogens is 10. The van der Waals surface area contributed by atoms with Crippen molar-refractivity contribution < 1.29 is 24.0 Å². The lowest BCUT2D eigenvalue weighted by atomic mass is 9.71. The number of hydrogen-bond acceptors (Lipinski definition) is 16. The highest BCUT2D eigenvalue weighted by Crippen LogP contribution is 2.39. The second-order valence-corrected chi connectivity index (χ2v) is 30.0. The number of fused-ring (bicyclic) bond motifs is 4. The number of benzene rings is 9. The van der Waals surface area contributed by atoms with Crippen LogP contribution in [0.3, 0.4) is 0 Å². The third-order valence-corrected chi connectivity index (χ3v) is 20.6. The number of aromatic amines is 2. The molecular formula is C104H108N14O6S. The van der Waals surface area contributed by atoms with E-state index in [1.807, 2.05) is 234 Å². The minimum absolute atomic E-state index is 0.0392. The number of carbonyl (C=O) groups is 2. The average molecular weight is 1680 g/mol. The van der Waals surface area contributed by atoms with Gasteiger partial charge in [-0.2, -0.15) is 0 Å². The van der Waals surface area contributed by atoms with Crippen LogP contribution in [0, 0.1) is 24.0 Å². The lowest BCUT2D eigenvalue weighted by Gasteiger charge is -2.38. The summed E-state index contributed by atoms with van der Waals surface area (Å²) in [6.45, 7) is 12.3. The number of non-ortho nitro benzene ring substituents is 1. The summed E-state index contributed by atoms with van der Waals surface area (Å²) in [7, 11) is 1.87. The number of aliphatic carboxylic acids is 1. The van der Waals surface area contributed by atoms with Crippen LogP contribution in [0.4, 0.5) is 5.69 Å². The third kappa shape index (κ3) is 30.8. The Labute approximate surface area is 735 Å². The molecule has 125 heavy (non-hydrogen) atoms. The molecule has 1 saturated carbocycles. The van der Waals surface area contributed by atoms with Crippen LogP contribution in [0.5, 0.6) is 0 Å². The number of oxazole rings is 1. The highest BCUT2D eigenvalue weighted by atomic mass is 32.1. The van der Waals surface area contributed by atoms with Gasteiger partial charge >= 0.3 is 5.97 Å². The molecule has 636 valence electrons. The van der Waals surface area contributed by atoms with Gasteiger partial charge < -0.3 is 35.9 Å². The molecule has 0 aliphatic heterocycles. The number of thiazole rings is 1. The highest BCUT2D eigenvalue weighted by Gasteiger charge is 2.39. The molecule has 18 aromatic rings. The zero-order valence-corrected chi connectivity index (χ0v) is 72.4. The first-order valence-corrected chi connectivity index (χ1v) is 42.3. The molecule has 0 unspecified atom stereocenters. The number of amides is 1. The van der Waals surface area contributed by atoms with Crippen molar-refractivity contribution in [2.24, 2.45) is 5.73 Å². The second-order valence-electron chi connectivity index (χ2n) is 29.2. The molecule has 1 amide bonds. The van der Waals surface area contributed by atoms with Gasteiger partial charge in [-0.05, 0) is 165 Å². The van der Waals surface area contributed by atoms with Crippen LogP contribution >= 0.6 is 11.3 Å². The number of nitrogens with two attached hydrogens (primary N) is 1. The lowest BCUT2D eigenvalue weighted by molar-refractivity contribution is -0.384. The Hall–Kier alpha value is -14.6. The molecule has 0 saturated heterocycles. The number of nitrogens with one attached hydrogen (secondary N) is 4. The van der Waals surface area contributed by atoms with Crippen molar-refractivity contribution in [3.63, 3.8) is 0 Å². The van der Waals surface area contributed by atoms with Crippen molar-refractivity contribution in [3.05, 3.63) is 427 Å². The Morgan fingerprint density at radius 3 is 1.53 bits per heavy atom. The van der Waals surface area contributed by atoms with Gasteiger partial charge in [0.05, 0.1) is 27.4 Å². The van der Waals surface area contributed by atoms with E-state index in [2.05, 4.69) is 179 Å². The maximum Gasteiger partial charge on any atom is 0.323 e. The number of nitro benzene ring substituents is 1. The maximum absolute atomic E-state index is 13.4. The molecule has 0 spiro atoms. The number of carbonyl (C=O) groups excluding carboxylic acids is 1. The van der Waals surface area contributed by atoms with Gasteiger partial charge in [0, 0.05) is 143 Å². The number of likely N-dealkylation sites (N-methyl/N-ethyl adjacent to an activating group) is 1. The minimum atomic E-state index is -1.23. The number of carboxylic acid groups (broad SMARTS) is 1. The van der Waals surface area contributed by atoms with E-state index in [9.17, 15) is 19.7 Å². The van der Waals surface area contributed by atoms with Gasteiger partial charge in [-0.3, -0.25) is 39.6 Å². The third-order valence-electron chi connectivity index (χ3n) is 20.0. The first kappa shape index (κ1) is 94.2. The topological polar surface area (TPSA) is 295 Å². The number of nitro groups is 1. The number of aryl methyl sites for hydroxylation is 2. The van der Waals surface area contributed by atoms with E-state index < -0.39 is 22.0 Å². The number of pyridine rings is 4. The fraction of sp³-hybridized carbons (Fsp3) is 0.173. The van der Waals surface area contributed by atoms with Gasteiger partial charge in [0.15, 0.2) is 12.0 Å². The molecule has 9 heterocycles. The molecule has 20 nitrogen and oxygen atoms in total. The van der Waals surface area contributed by atoms with Crippen molar-refractivity contribution in [2.75, 3.05) is 13.6 Å². The molecule has 1 fully saturated rings. The zero-order valence-electron chi connectivity index (χ0n) is 71.6. The SMILES string of the molecule is CC.CN[C@@](C)(Cc1c[nH]c2ccccc12)C(=O)NCC1(c2ccc(C)cn2)CCCCC1.C[C@](N)(Cc1c[nH]c2ccccc12)C(=O)O.Cc1ccccc1.O=[N+]([O-])c1ccc(-c2cscn2)cc1.c1ccc(-c2ccccc2)cc1.c1ccc(-c2ccccn2)cc1.c1ccc2cnccc2c1.c1ccc2ocnc2c1.c1ccncc1.c1cncnc1. The molecular weight excluding hydrogens is 1570 g/mol. The van der Waals surface area contributed by atoms with E-state index in [-0.39, 0.29) is 17.0 Å². The van der Waals surface area contributed by atoms with E-state index >= 15 is 0 Å². The molecule has 1 aliphatic rings. The molecule has 0 radical (unpaired) electrons. The molecule has 7 N–H and O–H groups in total. The summed E-state index contributed by atoms with van der Waals surface area (Å²) in [6, 6.07) is 99.1.